The lowest BCUT2D eigenvalue weighted by atomic mass is 10.2. The number of carboxylic acids is 1. The summed E-state index contributed by atoms with van der Waals surface area (Å²) in [5, 5.41) is 8.78. The van der Waals surface area contributed by atoms with E-state index in [-0.39, 0.29) is 11.3 Å². The van der Waals surface area contributed by atoms with Crippen molar-refractivity contribution in [2.75, 3.05) is 0 Å². The molecule has 0 bridgehead atoms. The van der Waals surface area contributed by atoms with Crippen molar-refractivity contribution in [3.8, 4) is 0 Å². The number of nitrogens with zero attached hydrogens (tertiary/aromatic N) is 1. The third kappa shape index (κ3) is 3.61. The molecular weight excluding hydrogens is 239 g/mol. The third-order valence-electron chi connectivity index (χ3n) is 2.16. The monoisotopic (exact) mass is 249 g/mol. The molecule has 4 nitrogen and oxygen atoms in total. The number of halogens is 3. The van der Waals surface area contributed by atoms with E-state index in [1.807, 2.05) is 0 Å². The van der Waals surface area contributed by atoms with E-state index in [1.54, 1.807) is 0 Å². The number of carbonyl (C=O) groups is 2. The maximum atomic E-state index is 12.0. The van der Waals surface area contributed by atoms with Gasteiger partial charge in [0.2, 0.25) is 0 Å². The van der Waals surface area contributed by atoms with Crippen molar-refractivity contribution in [1.82, 2.24) is 4.57 Å². The number of aromatic nitrogens is 1. The average molecular weight is 249 g/mol. The van der Waals surface area contributed by atoms with E-state index in [1.165, 1.54) is 6.92 Å². The largest absolute Gasteiger partial charge is 0.477 e. The first kappa shape index (κ1) is 13.3. The van der Waals surface area contributed by atoms with Crippen LogP contribution in [0.15, 0.2) is 12.3 Å². The fraction of sp³-hybridized carbons (Fsp3) is 0.400. The molecule has 0 aliphatic rings. The molecule has 0 saturated heterocycles. The Morgan fingerprint density at radius 2 is 2.00 bits per heavy atom. The summed E-state index contributed by atoms with van der Waals surface area (Å²) in [4.78, 5) is 21.8. The molecule has 0 saturated carbocycles. The summed E-state index contributed by atoms with van der Waals surface area (Å²) in [6, 6.07) is 1.07. The highest BCUT2D eigenvalue weighted by Gasteiger charge is 2.27. The van der Waals surface area contributed by atoms with E-state index in [0.29, 0.717) is 0 Å². The van der Waals surface area contributed by atoms with Gasteiger partial charge in [0, 0.05) is 18.3 Å². The quantitative estimate of drug-likeness (QED) is 0.833. The molecule has 0 aliphatic heterocycles. The van der Waals surface area contributed by atoms with Crippen molar-refractivity contribution in [3.63, 3.8) is 0 Å². The summed E-state index contributed by atoms with van der Waals surface area (Å²) >= 11 is 0. The standard InChI is InChI=1S/C10H10F3NO3/c1-6(15)7-4-8(9(16)17)14(5-7)3-2-10(11,12)13/h4-5H,2-3H2,1H3,(H,16,17). The van der Waals surface area contributed by atoms with Crippen molar-refractivity contribution in [3.05, 3.63) is 23.5 Å². The smallest absolute Gasteiger partial charge is 0.390 e. The number of carbonyl (C=O) groups excluding carboxylic acids is 1. The van der Waals surface area contributed by atoms with Crippen LogP contribution in [0.1, 0.15) is 34.2 Å². The Hall–Kier alpha value is -1.79. The van der Waals surface area contributed by atoms with Crippen LogP contribution >= 0.6 is 0 Å². The summed E-state index contributed by atoms with van der Waals surface area (Å²) in [6.07, 6.45) is -4.38. The maximum absolute atomic E-state index is 12.0. The molecule has 1 aromatic rings. The van der Waals surface area contributed by atoms with Gasteiger partial charge in [-0.25, -0.2) is 4.79 Å². The summed E-state index contributed by atoms with van der Waals surface area (Å²) in [7, 11) is 0. The Bertz CT molecular complexity index is 448. The van der Waals surface area contributed by atoms with Crippen LogP contribution in [0.3, 0.4) is 0 Å². The number of Topliss-reactive ketones (excluding diaryl/α,β-unsaturated/α-hetero) is 1. The third-order valence-corrected chi connectivity index (χ3v) is 2.16. The first-order valence-corrected chi connectivity index (χ1v) is 4.72. The van der Waals surface area contributed by atoms with Gasteiger partial charge in [0.05, 0.1) is 6.42 Å². The zero-order chi connectivity index (χ0) is 13.2. The zero-order valence-electron chi connectivity index (χ0n) is 8.91. The van der Waals surface area contributed by atoms with Gasteiger partial charge in [-0.15, -0.1) is 0 Å². The Morgan fingerprint density at radius 1 is 1.41 bits per heavy atom. The number of carboxylic acid groups (broad SMARTS) is 1. The highest BCUT2D eigenvalue weighted by molar-refractivity contribution is 5.97. The minimum Gasteiger partial charge on any atom is -0.477 e. The van der Waals surface area contributed by atoms with Crippen molar-refractivity contribution in [1.29, 1.82) is 0 Å². The Labute approximate surface area is 94.7 Å². The lowest BCUT2D eigenvalue weighted by molar-refractivity contribution is -0.136. The van der Waals surface area contributed by atoms with Gasteiger partial charge in [-0.1, -0.05) is 0 Å². The second-order valence-electron chi connectivity index (χ2n) is 3.53. The molecule has 17 heavy (non-hydrogen) atoms. The average Bonchev–Trinajstić information content (AvgIpc) is 2.57. The summed E-state index contributed by atoms with van der Waals surface area (Å²) in [5.41, 5.74) is -0.232. The molecule has 0 spiro atoms. The van der Waals surface area contributed by atoms with Crippen LogP contribution in [0.4, 0.5) is 13.2 Å². The molecule has 0 fully saturated rings. The molecule has 0 amide bonds. The van der Waals surface area contributed by atoms with Gasteiger partial charge in [-0.2, -0.15) is 13.2 Å². The van der Waals surface area contributed by atoms with Gasteiger partial charge in [-0.05, 0) is 13.0 Å². The second kappa shape index (κ2) is 4.60. The zero-order valence-corrected chi connectivity index (χ0v) is 8.91. The number of ketones is 1. The van der Waals surface area contributed by atoms with Gasteiger partial charge in [0.15, 0.2) is 5.78 Å². The number of aromatic carboxylic acids is 1. The highest BCUT2D eigenvalue weighted by atomic mass is 19.4. The van der Waals surface area contributed by atoms with Crippen molar-refractivity contribution < 1.29 is 27.9 Å². The van der Waals surface area contributed by atoms with Crippen molar-refractivity contribution in [2.45, 2.75) is 26.1 Å². The predicted molar refractivity (Wildman–Crippen MR) is 52.1 cm³/mol. The minimum atomic E-state index is -4.36. The molecule has 1 heterocycles. The van der Waals surface area contributed by atoms with E-state index < -0.39 is 30.9 Å². The summed E-state index contributed by atoms with van der Waals surface area (Å²) in [6.45, 7) is 0.702. The summed E-state index contributed by atoms with van der Waals surface area (Å²) in [5.74, 6) is -1.75. The van der Waals surface area contributed by atoms with E-state index in [0.717, 1.165) is 16.8 Å². The summed E-state index contributed by atoms with van der Waals surface area (Å²) < 4.78 is 37.0. The topological polar surface area (TPSA) is 59.3 Å². The molecule has 0 atom stereocenters. The Kier molecular flexibility index (Phi) is 3.59. The Balaban J connectivity index is 2.97. The van der Waals surface area contributed by atoms with Crippen LogP contribution in [0.2, 0.25) is 0 Å². The highest BCUT2D eigenvalue weighted by Crippen LogP contribution is 2.21. The predicted octanol–water partition coefficient (Wildman–Crippen LogP) is 2.34. The minimum absolute atomic E-state index is 0.0876. The van der Waals surface area contributed by atoms with Crippen LogP contribution in [0.25, 0.3) is 0 Å². The number of alkyl halides is 3. The molecule has 1 rings (SSSR count). The Morgan fingerprint density at radius 3 is 2.41 bits per heavy atom. The second-order valence-corrected chi connectivity index (χ2v) is 3.53. The van der Waals surface area contributed by atoms with Crippen LogP contribution in [0.5, 0.6) is 0 Å². The van der Waals surface area contributed by atoms with Gasteiger partial charge in [-0.3, -0.25) is 4.79 Å². The first-order chi connectivity index (χ1) is 7.70. The molecule has 0 radical (unpaired) electrons. The van der Waals surface area contributed by atoms with Crippen molar-refractivity contribution in [2.24, 2.45) is 0 Å². The fourth-order valence-corrected chi connectivity index (χ4v) is 1.31. The van der Waals surface area contributed by atoms with E-state index >= 15 is 0 Å². The van der Waals surface area contributed by atoms with Gasteiger partial charge < -0.3 is 9.67 Å². The van der Waals surface area contributed by atoms with Crippen LogP contribution < -0.4 is 0 Å². The molecule has 7 heteroatoms. The molecule has 1 aromatic heterocycles. The van der Waals surface area contributed by atoms with Crippen LogP contribution in [-0.2, 0) is 6.54 Å². The molecule has 0 aromatic carbocycles. The van der Waals surface area contributed by atoms with Gasteiger partial charge in [0.25, 0.3) is 0 Å². The van der Waals surface area contributed by atoms with Crippen LogP contribution in [-0.4, -0.2) is 27.6 Å². The van der Waals surface area contributed by atoms with Crippen molar-refractivity contribution >= 4 is 11.8 Å². The maximum Gasteiger partial charge on any atom is 0.390 e. The first-order valence-electron chi connectivity index (χ1n) is 4.72. The van der Waals surface area contributed by atoms with Gasteiger partial charge >= 0.3 is 12.1 Å². The molecule has 0 aliphatic carbocycles. The lowest BCUT2D eigenvalue weighted by Crippen LogP contribution is -2.15. The normalized spacial score (nSPS) is 11.5. The van der Waals surface area contributed by atoms with Crippen LogP contribution in [0, 0.1) is 0 Å². The molecular formula is C10H10F3NO3. The van der Waals surface area contributed by atoms with E-state index in [2.05, 4.69) is 0 Å². The number of rotatable bonds is 4. The van der Waals surface area contributed by atoms with E-state index in [4.69, 9.17) is 5.11 Å². The lowest BCUT2D eigenvalue weighted by Gasteiger charge is -2.08. The van der Waals surface area contributed by atoms with E-state index in [9.17, 15) is 22.8 Å². The fourth-order valence-electron chi connectivity index (χ4n) is 1.31. The van der Waals surface area contributed by atoms with Gasteiger partial charge in [0.1, 0.15) is 5.69 Å². The molecule has 0 unspecified atom stereocenters. The number of hydrogen-bond donors (Lipinski definition) is 1. The number of aryl methyl sites for hydroxylation is 1. The SMILES string of the molecule is CC(=O)c1cc(C(=O)O)n(CCC(F)(F)F)c1. The number of hydrogen-bond acceptors (Lipinski definition) is 2. The molecule has 1 N–H and O–H groups in total. The molecule has 94 valence electrons.